The first-order valence-corrected chi connectivity index (χ1v) is 5.14. The van der Waals surface area contributed by atoms with Gasteiger partial charge in [0.15, 0.2) is 0 Å². The van der Waals surface area contributed by atoms with Gasteiger partial charge in [-0.05, 0) is 0 Å². The lowest BCUT2D eigenvalue weighted by Gasteiger charge is -2.16. The molecular weight excluding hydrogens is 224 g/mol. The van der Waals surface area contributed by atoms with Crippen LogP contribution in [0.25, 0.3) is 0 Å². The Balaban J connectivity index is 2.75. The first kappa shape index (κ1) is 12.5. The van der Waals surface area contributed by atoms with Crippen molar-refractivity contribution in [1.82, 2.24) is 4.90 Å². The standard InChI is InChI=1S/C11H12N2O2S/c1-13(10(15)7-9(12)14)11(16)8-5-3-2-4-6-8/h2-6H,7H2,1H3,(H2,12,14)/p+1. The minimum Gasteiger partial charge on any atom is -0.305 e. The summed E-state index contributed by atoms with van der Waals surface area (Å²) in [7, 11) is 1.56. The van der Waals surface area contributed by atoms with Gasteiger partial charge in [0.2, 0.25) is 5.91 Å². The molecule has 0 bridgehead atoms. The SMILES string of the molecule is CN(C(=O)CC([NH3+])=O)C(=S)c1ccccc1. The van der Waals surface area contributed by atoms with Gasteiger partial charge in [0.05, 0.1) is 0 Å². The van der Waals surface area contributed by atoms with E-state index < -0.39 is 5.91 Å². The van der Waals surface area contributed by atoms with Gasteiger partial charge in [0.25, 0.3) is 0 Å². The molecule has 0 fully saturated rings. The summed E-state index contributed by atoms with van der Waals surface area (Å²) in [5.41, 5.74) is 3.95. The van der Waals surface area contributed by atoms with Crippen LogP contribution in [0.5, 0.6) is 0 Å². The fourth-order valence-electron chi connectivity index (χ4n) is 1.17. The molecule has 0 aromatic heterocycles. The first-order valence-electron chi connectivity index (χ1n) is 4.73. The van der Waals surface area contributed by atoms with Crippen LogP contribution in [0.15, 0.2) is 30.3 Å². The number of nitrogens with zero attached hydrogens (tertiary/aromatic N) is 1. The lowest BCUT2D eigenvalue weighted by molar-refractivity contribution is -0.304. The fourth-order valence-corrected chi connectivity index (χ4v) is 1.41. The predicted molar refractivity (Wildman–Crippen MR) is 63.4 cm³/mol. The smallest absolute Gasteiger partial charge is 0.305 e. The van der Waals surface area contributed by atoms with Gasteiger partial charge in [-0.15, -0.1) is 0 Å². The zero-order valence-corrected chi connectivity index (χ0v) is 9.79. The van der Waals surface area contributed by atoms with E-state index >= 15 is 0 Å². The summed E-state index contributed by atoms with van der Waals surface area (Å²) >= 11 is 5.15. The maximum Gasteiger partial charge on any atom is 0.318 e. The number of rotatable bonds is 3. The molecule has 5 heteroatoms. The lowest BCUT2D eigenvalue weighted by Crippen LogP contribution is -2.58. The molecule has 0 unspecified atom stereocenters. The Morgan fingerprint density at radius 3 is 2.38 bits per heavy atom. The van der Waals surface area contributed by atoms with E-state index in [-0.39, 0.29) is 12.3 Å². The molecule has 0 aliphatic rings. The van der Waals surface area contributed by atoms with Crippen molar-refractivity contribution in [3.63, 3.8) is 0 Å². The number of carbonyl (C=O) groups excluding carboxylic acids is 2. The van der Waals surface area contributed by atoms with Crippen molar-refractivity contribution in [1.29, 1.82) is 0 Å². The van der Waals surface area contributed by atoms with Crippen molar-refractivity contribution in [3.8, 4) is 0 Å². The predicted octanol–water partition coefficient (Wildman–Crippen LogP) is -0.0209. The molecule has 2 amide bonds. The van der Waals surface area contributed by atoms with Crippen molar-refractivity contribution < 1.29 is 15.3 Å². The number of quaternary nitrogens is 1. The molecule has 1 rings (SSSR count). The highest BCUT2D eigenvalue weighted by Crippen LogP contribution is 2.05. The third kappa shape index (κ3) is 3.22. The molecule has 0 heterocycles. The highest BCUT2D eigenvalue weighted by molar-refractivity contribution is 7.80. The van der Waals surface area contributed by atoms with Gasteiger partial charge < -0.3 is 4.90 Å². The molecule has 1 aromatic rings. The first-order chi connectivity index (χ1) is 7.52. The van der Waals surface area contributed by atoms with Crippen LogP contribution in [0.1, 0.15) is 12.0 Å². The van der Waals surface area contributed by atoms with Gasteiger partial charge >= 0.3 is 5.91 Å². The average Bonchev–Trinajstić information content (AvgIpc) is 2.27. The Hall–Kier alpha value is -1.59. The van der Waals surface area contributed by atoms with Crippen LogP contribution in [0, 0.1) is 0 Å². The summed E-state index contributed by atoms with van der Waals surface area (Å²) < 4.78 is 0. The number of hydrogen-bond donors (Lipinski definition) is 1. The van der Waals surface area contributed by atoms with Crippen LogP contribution >= 0.6 is 12.2 Å². The molecule has 0 aliphatic carbocycles. The van der Waals surface area contributed by atoms with Gasteiger partial charge in [0, 0.05) is 12.6 Å². The highest BCUT2D eigenvalue weighted by Gasteiger charge is 2.17. The molecule has 0 saturated carbocycles. The van der Waals surface area contributed by atoms with E-state index in [0.29, 0.717) is 4.99 Å². The Bertz CT molecular complexity index is 417. The van der Waals surface area contributed by atoms with Gasteiger partial charge in [-0.3, -0.25) is 10.5 Å². The Morgan fingerprint density at radius 2 is 1.88 bits per heavy atom. The van der Waals surface area contributed by atoms with Crippen molar-refractivity contribution in [3.05, 3.63) is 35.9 Å². The molecule has 84 valence electrons. The van der Waals surface area contributed by atoms with Crippen molar-refractivity contribution in [2.24, 2.45) is 0 Å². The highest BCUT2D eigenvalue weighted by atomic mass is 32.1. The maximum atomic E-state index is 11.5. The summed E-state index contributed by atoms with van der Waals surface area (Å²) in [6, 6.07) is 9.18. The molecule has 1 aromatic carbocycles. The van der Waals surface area contributed by atoms with Crippen LogP contribution in [-0.4, -0.2) is 28.8 Å². The summed E-state index contributed by atoms with van der Waals surface area (Å²) in [6.45, 7) is 0. The van der Waals surface area contributed by atoms with E-state index in [1.165, 1.54) is 4.90 Å². The third-order valence-electron chi connectivity index (χ3n) is 2.05. The minimum atomic E-state index is -0.410. The molecular formula is C11H13N2O2S+. The topological polar surface area (TPSA) is 65.0 Å². The Morgan fingerprint density at radius 1 is 1.31 bits per heavy atom. The summed E-state index contributed by atoms with van der Waals surface area (Å²) in [4.78, 5) is 24.0. The molecule has 3 N–H and O–H groups in total. The summed E-state index contributed by atoms with van der Waals surface area (Å²) in [6.07, 6.45) is -0.219. The molecule has 0 saturated heterocycles. The molecule has 0 aliphatic heterocycles. The van der Waals surface area contributed by atoms with Crippen LogP contribution in [-0.2, 0) is 9.59 Å². The fraction of sp³-hybridized carbons (Fsp3) is 0.182. The monoisotopic (exact) mass is 237 g/mol. The molecule has 0 atom stereocenters. The lowest BCUT2D eigenvalue weighted by atomic mass is 10.2. The van der Waals surface area contributed by atoms with Gasteiger partial charge in [-0.1, -0.05) is 42.5 Å². The number of thiocarbonyl (C=S) groups is 1. The number of hydrogen-bond acceptors (Lipinski definition) is 3. The van der Waals surface area contributed by atoms with Crippen LogP contribution < -0.4 is 5.73 Å². The second-order valence-corrected chi connectivity index (χ2v) is 3.73. The molecule has 4 nitrogen and oxygen atoms in total. The van der Waals surface area contributed by atoms with Crippen molar-refractivity contribution >= 4 is 29.0 Å². The minimum absolute atomic E-state index is 0.219. The molecule has 16 heavy (non-hydrogen) atoms. The Kier molecular flexibility index (Phi) is 4.28. The van der Waals surface area contributed by atoms with Gasteiger partial charge in [0.1, 0.15) is 11.4 Å². The summed E-state index contributed by atoms with van der Waals surface area (Å²) in [5, 5.41) is 0. The van der Waals surface area contributed by atoms with Crippen molar-refractivity contribution in [2.75, 3.05) is 7.05 Å². The normalized spacial score (nSPS) is 9.62. The van der Waals surface area contributed by atoms with Crippen LogP contribution in [0.4, 0.5) is 0 Å². The molecule has 0 radical (unpaired) electrons. The van der Waals surface area contributed by atoms with Crippen LogP contribution in [0.2, 0.25) is 0 Å². The Labute approximate surface area is 99.0 Å². The maximum absolute atomic E-state index is 11.5. The zero-order valence-electron chi connectivity index (χ0n) is 8.97. The number of amides is 2. The van der Waals surface area contributed by atoms with E-state index in [1.807, 2.05) is 30.3 Å². The van der Waals surface area contributed by atoms with Crippen molar-refractivity contribution in [2.45, 2.75) is 6.42 Å². The number of benzene rings is 1. The quantitative estimate of drug-likeness (QED) is 0.593. The van der Waals surface area contributed by atoms with Gasteiger partial charge in [-0.2, -0.15) is 0 Å². The van der Waals surface area contributed by atoms with Crippen LogP contribution in [0.3, 0.4) is 0 Å². The van der Waals surface area contributed by atoms with Gasteiger partial charge in [-0.25, -0.2) is 4.79 Å². The third-order valence-corrected chi connectivity index (χ3v) is 2.56. The van der Waals surface area contributed by atoms with E-state index in [2.05, 4.69) is 5.73 Å². The van der Waals surface area contributed by atoms with E-state index in [0.717, 1.165) is 5.56 Å². The average molecular weight is 237 g/mol. The number of carbonyl (C=O) groups is 2. The second-order valence-electron chi connectivity index (χ2n) is 3.34. The van der Waals surface area contributed by atoms with E-state index in [1.54, 1.807) is 7.05 Å². The zero-order chi connectivity index (χ0) is 12.1. The van der Waals surface area contributed by atoms with E-state index in [9.17, 15) is 9.59 Å². The summed E-state index contributed by atoms with van der Waals surface area (Å²) in [5.74, 6) is -0.749. The largest absolute Gasteiger partial charge is 0.318 e. The molecule has 0 spiro atoms. The second kappa shape index (κ2) is 5.48. The van der Waals surface area contributed by atoms with E-state index in [4.69, 9.17) is 12.2 Å².